The van der Waals surface area contributed by atoms with Gasteiger partial charge in [-0.15, -0.1) is 0 Å². The van der Waals surface area contributed by atoms with Crippen LogP contribution in [0.25, 0.3) is 0 Å². The fraction of sp³-hybridized carbons (Fsp3) is 0.526. The average molecular weight is 377 g/mol. The molecule has 1 aliphatic rings. The van der Waals surface area contributed by atoms with Gasteiger partial charge in [0.05, 0.1) is 5.92 Å². The average Bonchev–Trinajstić information content (AvgIpc) is 2.59. The van der Waals surface area contributed by atoms with Crippen LogP contribution in [-0.2, 0) is 14.3 Å². The van der Waals surface area contributed by atoms with Crippen LogP contribution in [0.2, 0.25) is 0 Å². The lowest BCUT2D eigenvalue weighted by Gasteiger charge is -2.33. The van der Waals surface area contributed by atoms with Crippen LogP contribution in [0.5, 0.6) is 5.75 Å². The molecule has 0 radical (unpaired) electrons. The summed E-state index contributed by atoms with van der Waals surface area (Å²) in [6, 6.07) is 6.66. The van der Waals surface area contributed by atoms with Crippen molar-refractivity contribution in [3.63, 3.8) is 0 Å². The molecule has 1 fully saturated rings. The van der Waals surface area contributed by atoms with E-state index in [-0.39, 0.29) is 18.4 Å². The second-order valence-corrected chi connectivity index (χ2v) is 7.53. The molecule has 8 nitrogen and oxygen atoms in total. The number of nitrogens with one attached hydrogen (secondary N) is 1. The van der Waals surface area contributed by atoms with Crippen molar-refractivity contribution in [2.45, 2.75) is 39.2 Å². The standard InChI is InChI=1S/C19H27N3O5/c1-19(2,3)27-18(25)22-10-4-5-13(11-22)17(24)21-14-6-8-15(9-7-14)26-12-16(20)23/h6-9,13H,4-5,10-12H2,1-3H3,(H2,20,23)(H,21,24). The number of benzene rings is 1. The van der Waals surface area contributed by atoms with E-state index in [4.69, 9.17) is 15.2 Å². The van der Waals surface area contributed by atoms with Crippen LogP contribution < -0.4 is 15.8 Å². The van der Waals surface area contributed by atoms with Crippen molar-refractivity contribution in [1.82, 2.24) is 4.90 Å². The Morgan fingerprint density at radius 2 is 1.89 bits per heavy atom. The molecule has 0 bridgehead atoms. The lowest BCUT2D eigenvalue weighted by Crippen LogP contribution is -2.45. The Bertz CT molecular complexity index is 682. The van der Waals surface area contributed by atoms with Crippen molar-refractivity contribution in [1.29, 1.82) is 0 Å². The summed E-state index contributed by atoms with van der Waals surface area (Å²) in [5.41, 5.74) is 5.07. The highest BCUT2D eigenvalue weighted by atomic mass is 16.6. The summed E-state index contributed by atoms with van der Waals surface area (Å²) in [6.45, 7) is 6.17. The second-order valence-electron chi connectivity index (χ2n) is 7.53. The molecule has 1 aromatic carbocycles. The Morgan fingerprint density at radius 3 is 2.48 bits per heavy atom. The van der Waals surface area contributed by atoms with Gasteiger partial charge in [0.1, 0.15) is 11.4 Å². The van der Waals surface area contributed by atoms with Crippen molar-refractivity contribution in [3.05, 3.63) is 24.3 Å². The zero-order chi connectivity index (χ0) is 20.0. The van der Waals surface area contributed by atoms with E-state index in [0.29, 0.717) is 30.9 Å². The zero-order valence-electron chi connectivity index (χ0n) is 16.0. The Morgan fingerprint density at radius 1 is 1.22 bits per heavy atom. The van der Waals surface area contributed by atoms with Gasteiger partial charge in [-0.05, 0) is 57.9 Å². The smallest absolute Gasteiger partial charge is 0.410 e. The molecule has 0 aromatic heterocycles. The van der Waals surface area contributed by atoms with Gasteiger partial charge >= 0.3 is 6.09 Å². The van der Waals surface area contributed by atoms with Crippen molar-refractivity contribution in [2.24, 2.45) is 11.7 Å². The predicted molar refractivity (Wildman–Crippen MR) is 100 cm³/mol. The summed E-state index contributed by atoms with van der Waals surface area (Å²) in [5.74, 6) is -0.508. The molecule has 3 amide bonds. The topological polar surface area (TPSA) is 111 Å². The normalized spacial score (nSPS) is 17.1. The number of hydrogen-bond acceptors (Lipinski definition) is 5. The number of amides is 3. The van der Waals surface area contributed by atoms with Crippen molar-refractivity contribution >= 4 is 23.6 Å². The third kappa shape index (κ3) is 6.80. The number of ether oxygens (including phenoxy) is 2. The maximum absolute atomic E-state index is 12.5. The molecule has 0 spiro atoms. The third-order valence-corrected chi connectivity index (χ3v) is 3.95. The molecule has 1 aliphatic heterocycles. The van der Waals surface area contributed by atoms with Crippen molar-refractivity contribution in [2.75, 3.05) is 25.0 Å². The van der Waals surface area contributed by atoms with Gasteiger partial charge in [-0.3, -0.25) is 9.59 Å². The first-order valence-corrected chi connectivity index (χ1v) is 8.94. The van der Waals surface area contributed by atoms with E-state index < -0.39 is 17.6 Å². The molecule has 3 N–H and O–H groups in total. The summed E-state index contributed by atoms with van der Waals surface area (Å²) >= 11 is 0. The molecule has 1 aromatic rings. The molecule has 0 aliphatic carbocycles. The van der Waals surface area contributed by atoms with Gasteiger partial charge in [-0.1, -0.05) is 0 Å². The van der Waals surface area contributed by atoms with Crippen molar-refractivity contribution in [3.8, 4) is 5.75 Å². The molecule has 27 heavy (non-hydrogen) atoms. The number of rotatable bonds is 5. The van der Waals surface area contributed by atoms with Gasteiger partial charge < -0.3 is 25.4 Å². The van der Waals surface area contributed by atoms with Gasteiger partial charge in [0, 0.05) is 18.8 Å². The Kier molecular flexibility index (Phi) is 6.65. The predicted octanol–water partition coefficient (Wildman–Crippen LogP) is 2.14. The molecular formula is C19H27N3O5. The summed E-state index contributed by atoms with van der Waals surface area (Å²) in [6.07, 6.45) is 1.07. The maximum atomic E-state index is 12.5. The number of primary amides is 1. The third-order valence-electron chi connectivity index (χ3n) is 3.95. The first kappa shape index (κ1) is 20.5. The van der Waals surface area contributed by atoms with Crippen LogP contribution in [0.4, 0.5) is 10.5 Å². The lowest BCUT2D eigenvalue weighted by molar-refractivity contribution is -0.121. The minimum atomic E-state index is -0.565. The van der Waals surface area contributed by atoms with E-state index in [9.17, 15) is 14.4 Å². The number of nitrogens with two attached hydrogens (primary N) is 1. The number of anilines is 1. The van der Waals surface area contributed by atoms with E-state index in [2.05, 4.69) is 5.32 Å². The number of likely N-dealkylation sites (tertiary alicyclic amines) is 1. The molecule has 1 saturated heterocycles. The Labute approximate surface area is 159 Å². The largest absolute Gasteiger partial charge is 0.484 e. The highest BCUT2D eigenvalue weighted by Crippen LogP contribution is 2.22. The molecule has 8 heteroatoms. The number of carbonyl (C=O) groups is 3. The summed E-state index contributed by atoms with van der Waals surface area (Å²) < 4.78 is 10.6. The van der Waals surface area contributed by atoms with Gasteiger partial charge in [-0.2, -0.15) is 0 Å². The Hall–Kier alpha value is -2.77. The number of hydrogen-bond donors (Lipinski definition) is 2. The van der Waals surface area contributed by atoms with Crippen LogP contribution in [0.3, 0.4) is 0 Å². The van der Waals surface area contributed by atoms with Crippen LogP contribution in [0.1, 0.15) is 33.6 Å². The minimum absolute atomic E-state index is 0.144. The number of carbonyl (C=O) groups excluding carboxylic acids is 3. The van der Waals surface area contributed by atoms with E-state index in [1.165, 1.54) is 0 Å². The minimum Gasteiger partial charge on any atom is -0.484 e. The first-order valence-electron chi connectivity index (χ1n) is 8.94. The zero-order valence-corrected chi connectivity index (χ0v) is 16.0. The second kappa shape index (κ2) is 8.75. The Balaban J connectivity index is 1.89. The maximum Gasteiger partial charge on any atom is 0.410 e. The SMILES string of the molecule is CC(C)(C)OC(=O)N1CCCC(C(=O)Nc2ccc(OCC(N)=O)cc2)C1. The molecule has 1 heterocycles. The lowest BCUT2D eigenvalue weighted by atomic mass is 9.97. The van der Waals surface area contributed by atoms with Crippen LogP contribution in [-0.4, -0.2) is 48.1 Å². The summed E-state index contributed by atoms with van der Waals surface area (Å²) in [4.78, 5) is 37.0. The van der Waals surface area contributed by atoms with Crippen LogP contribution in [0.15, 0.2) is 24.3 Å². The van der Waals surface area contributed by atoms with E-state index in [1.54, 1.807) is 29.2 Å². The first-order chi connectivity index (χ1) is 12.6. The van der Waals surface area contributed by atoms with Gasteiger partial charge in [0.15, 0.2) is 6.61 Å². The van der Waals surface area contributed by atoms with Crippen LogP contribution >= 0.6 is 0 Å². The van der Waals surface area contributed by atoms with Gasteiger partial charge in [-0.25, -0.2) is 4.79 Å². The fourth-order valence-electron chi connectivity index (χ4n) is 2.72. The fourth-order valence-corrected chi connectivity index (χ4v) is 2.72. The molecular weight excluding hydrogens is 350 g/mol. The molecule has 1 unspecified atom stereocenters. The van der Waals surface area contributed by atoms with E-state index in [0.717, 1.165) is 6.42 Å². The van der Waals surface area contributed by atoms with Gasteiger partial charge in [0.2, 0.25) is 5.91 Å². The highest BCUT2D eigenvalue weighted by Gasteiger charge is 2.31. The summed E-state index contributed by atoms with van der Waals surface area (Å²) in [7, 11) is 0. The quantitative estimate of drug-likeness (QED) is 0.817. The highest BCUT2D eigenvalue weighted by molar-refractivity contribution is 5.93. The molecule has 1 atom stereocenters. The monoisotopic (exact) mass is 377 g/mol. The van der Waals surface area contributed by atoms with Gasteiger partial charge in [0.25, 0.3) is 5.91 Å². The van der Waals surface area contributed by atoms with Crippen molar-refractivity contribution < 1.29 is 23.9 Å². The van der Waals surface area contributed by atoms with Crippen LogP contribution in [0, 0.1) is 5.92 Å². The molecule has 0 saturated carbocycles. The number of nitrogens with zero attached hydrogens (tertiary/aromatic N) is 1. The van der Waals surface area contributed by atoms with E-state index in [1.807, 2.05) is 20.8 Å². The summed E-state index contributed by atoms with van der Waals surface area (Å²) in [5, 5.41) is 2.85. The molecule has 2 rings (SSSR count). The van der Waals surface area contributed by atoms with E-state index >= 15 is 0 Å². The number of piperidine rings is 1. The molecule has 148 valence electrons.